The van der Waals surface area contributed by atoms with Crippen LogP contribution in [0.3, 0.4) is 0 Å². The monoisotopic (exact) mass is 704 g/mol. The molecule has 3 fully saturated rings. The Labute approximate surface area is 290 Å². The molecule has 3 aromatic rings. The van der Waals surface area contributed by atoms with E-state index in [4.69, 9.17) is 38.4 Å². The largest absolute Gasteiger partial charge is 0.508 e. The first-order chi connectivity index (χ1) is 23.4. The van der Waals surface area contributed by atoms with E-state index in [1.165, 1.54) is 32.4 Å². The highest BCUT2D eigenvalue weighted by Gasteiger charge is 2.71. The number of anilines is 1. The number of rotatable bonds is 6. The Morgan fingerprint density at radius 2 is 1.61 bits per heavy atom. The van der Waals surface area contributed by atoms with E-state index in [1.54, 1.807) is 48.5 Å². The van der Waals surface area contributed by atoms with E-state index in [0.29, 0.717) is 38.1 Å². The predicted octanol–water partition coefficient (Wildman–Crippen LogP) is 4.78. The minimum absolute atomic E-state index is 0.0326. The molecule has 2 heterocycles. The summed E-state index contributed by atoms with van der Waals surface area (Å²) in [6, 6.07) is 14.8. The number of nitrogens with one attached hydrogen (secondary N) is 1. The van der Waals surface area contributed by atoms with E-state index < -0.39 is 64.7 Å². The molecule has 252 valence electrons. The van der Waals surface area contributed by atoms with Crippen molar-refractivity contribution in [1.82, 2.24) is 9.91 Å². The summed E-state index contributed by atoms with van der Waals surface area (Å²) >= 11 is 12.6. The number of imide groups is 4. The predicted molar refractivity (Wildman–Crippen MR) is 177 cm³/mol. The molecule has 4 aliphatic rings. The molecular formula is C35H30Cl2N4O8. The Bertz CT molecular complexity index is 1980. The number of carbonyl (C=O) groups is 5. The molecule has 12 nitrogen and oxygen atoms in total. The van der Waals surface area contributed by atoms with Gasteiger partial charge in [0.2, 0.25) is 11.8 Å². The highest BCUT2D eigenvalue weighted by Crippen LogP contribution is 2.65. The van der Waals surface area contributed by atoms with Crippen LogP contribution in [-0.4, -0.2) is 58.9 Å². The van der Waals surface area contributed by atoms with Crippen molar-refractivity contribution >= 4 is 58.5 Å². The molecule has 14 heteroatoms. The van der Waals surface area contributed by atoms with Crippen molar-refractivity contribution < 1.29 is 38.6 Å². The lowest BCUT2D eigenvalue weighted by Gasteiger charge is -2.50. The molecule has 2 aliphatic heterocycles. The number of hydrogen-bond acceptors (Lipinski definition) is 9. The number of ether oxygens (including phenoxy) is 2. The topological polar surface area (TPSA) is 169 Å². The number of methoxy groups -OCH3 is 2. The number of phenolic OH excluding ortho intramolecular Hbond substituents is 1. The third kappa shape index (κ3) is 4.68. The Morgan fingerprint density at radius 3 is 2.24 bits per heavy atom. The van der Waals surface area contributed by atoms with Crippen LogP contribution >= 0.6 is 23.2 Å². The number of allylic oxidation sites excluding steroid dienone is 2. The summed E-state index contributed by atoms with van der Waals surface area (Å²) in [6.45, 7) is 0. The number of fused-ring (bicyclic) bond motifs is 4. The van der Waals surface area contributed by atoms with Gasteiger partial charge in [0.05, 0.1) is 48.1 Å². The number of nitrogens with two attached hydrogens (primary N) is 1. The molecule has 0 radical (unpaired) electrons. The van der Waals surface area contributed by atoms with Gasteiger partial charge in [0.25, 0.3) is 11.8 Å². The summed E-state index contributed by atoms with van der Waals surface area (Å²) in [5.74, 6) is -6.87. The highest BCUT2D eigenvalue weighted by atomic mass is 35.5. The second kappa shape index (κ2) is 11.8. The fourth-order valence-electron chi connectivity index (χ4n) is 8.30. The average molecular weight is 706 g/mol. The van der Waals surface area contributed by atoms with Crippen LogP contribution in [0.1, 0.15) is 29.9 Å². The van der Waals surface area contributed by atoms with E-state index in [9.17, 15) is 24.3 Å². The van der Waals surface area contributed by atoms with E-state index in [1.807, 2.05) is 0 Å². The van der Waals surface area contributed by atoms with Gasteiger partial charge in [-0.1, -0.05) is 53.1 Å². The zero-order valence-corrected chi connectivity index (χ0v) is 27.7. The zero-order chi connectivity index (χ0) is 34.9. The maximum Gasteiger partial charge on any atom is 0.328 e. The van der Waals surface area contributed by atoms with Crippen LogP contribution in [-0.2, 0) is 24.6 Å². The van der Waals surface area contributed by atoms with Crippen molar-refractivity contribution in [2.24, 2.45) is 29.4 Å². The van der Waals surface area contributed by atoms with Crippen LogP contribution in [0.2, 0.25) is 10.0 Å². The number of likely N-dealkylation sites (tertiary alicyclic amines) is 1. The minimum atomic E-state index is -1.68. The lowest BCUT2D eigenvalue weighted by Crippen LogP contribution is -2.53. The second-order valence-corrected chi connectivity index (χ2v) is 13.3. The van der Waals surface area contributed by atoms with Crippen LogP contribution in [0.25, 0.3) is 0 Å². The van der Waals surface area contributed by atoms with Crippen molar-refractivity contribution in [3.8, 4) is 17.2 Å². The third-order valence-corrected chi connectivity index (χ3v) is 10.9. The van der Waals surface area contributed by atoms with Gasteiger partial charge in [-0.3, -0.25) is 24.6 Å². The van der Waals surface area contributed by atoms with Gasteiger partial charge in [-0.25, -0.2) is 4.79 Å². The van der Waals surface area contributed by atoms with Crippen molar-refractivity contribution in [2.45, 2.75) is 24.2 Å². The Hall–Kier alpha value is -5.07. The summed E-state index contributed by atoms with van der Waals surface area (Å²) < 4.78 is 10.7. The van der Waals surface area contributed by atoms with E-state index in [0.717, 1.165) is 5.01 Å². The fraction of sp³-hybridized carbons (Fsp3) is 0.286. The third-order valence-electron chi connectivity index (χ3n) is 10.3. The summed E-state index contributed by atoms with van der Waals surface area (Å²) in [6.07, 6.45) is 1.84. The van der Waals surface area contributed by atoms with Gasteiger partial charge in [-0.2, -0.15) is 9.91 Å². The first kappa shape index (κ1) is 32.5. The highest BCUT2D eigenvalue weighted by molar-refractivity contribution is 6.36. The molecule has 2 aliphatic carbocycles. The molecule has 1 saturated carbocycles. The number of hydrazine groups is 1. The molecule has 0 bridgehead atoms. The Balaban J connectivity index is 1.48. The molecule has 6 atom stereocenters. The van der Waals surface area contributed by atoms with Crippen molar-refractivity contribution in [2.75, 3.05) is 19.6 Å². The quantitative estimate of drug-likeness (QED) is 0.242. The number of nitrogens with zero attached hydrogens (tertiary/aromatic N) is 2. The lowest BCUT2D eigenvalue weighted by molar-refractivity contribution is -0.139. The Morgan fingerprint density at radius 1 is 0.918 bits per heavy atom. The summed E-state index contributed by atoms with van der Waals surface area (Å²) in [4.78, 5) is 69.7. The van der Waals surface area contributed by atoms with Gasteiger partial charge in [-0.05, 0) is 60.7 Å². The average Bonchev–Trinajstić information content (AvgIpc) is 3.47. The van der Waals surface area contributed by atoms with Crippen LogP contribution < -0.4 is 20.6 Å². The molecular weight excluding hydrogens is 675 g/mol. The molecule has 0 aromatic heterocycles. The molecule has 49 heavy (non-hydrogen) atoms. The van der Waals surface area contributed by atoms with Crippen LogP contribution in [0, 0.1) is 23.7 Å². The number of phenols is 1. The van der Waals surface area contributed by atoms with Gasteiger partial charge in [-0.15, -0.1) is 0 Å². The van der Waals surface area contributed by atoms with E-state index >= 15 is 4.79 Å². The fourth-order valence-corrected chi connectivity index (χ4v) is 8.75. The van der Waals surface area contributed by atoms with E-state index in [2.05, 4.69) is 5.43 Å². The van der Waals surface area contributed by atoms with E-state index in [-0.39, 0.29) is 29.3 Å². The Kier molecular flexibility index (Phi) is 7.83. The summed E-state index contributed by atoms with van der Waals surface area (Å²) in [7, 11) is 2.95. The first-order valence-electron chi connectivity index (χ1n) is 15.4. The standard InChI is InChI=1S/C35H30Cl2N4O8/c1-48-18-6-3-16(4-7-18)35-24(31(44)41(33(35)46)39-26-12-5-17(36)13-25(26)37)15-23-20(29(35)21-9-8-19(49-2)14-27(21)42)10-11-22-28(23)32(45)40(30(22)43)34(38)47/h3-10,12-14,22-24,28-29,39,42H,11,15H2,1-2H3,(H2,38,47). The van der Waals surface area contributed by atoms with Gasteiger partial charge in [0, 0.05) is 22.6 Å². The number of primary amides is 1. The molecule has 4 N–H and O–H groups in total. The number of halogens is 2. The first-order valence-corrected chi connectivity index (χ1v) is 16.2. The number of urea groups is 1. The number of carbonyl (C=O) groups excluding carboxylic acids is 5. The van der Waals surface area contributed by atoms with Gasteiger partial charge >= 0.3 is 6.03 Å². The summed E-state index contributed by atoms with van der Waals surface area (Å²) in [5, 5.41) is 13.0. The SMILES string of the molecule is COc1ccc(C23C(=O)N(Nc4ccc(Cl)cc4Cl)C(=O)C2CC2C(=CCC4C(=O)N(C(N)=O)C(=O)C42)C3c2ccc(OC)cc2O)cc1. The molecule has 2 saturated heterocycles. The molecule has 0 spiro atoms. The van der Waals surface area contributed by atoms with Crippen molar-refractivity contribution in [3.05, 3.63) is 93.5 Å². The molecule has 6 unspecified atom stereocenters. The van der Waals surface area contributed by atoms with Gasteiger partial charge < -0.3 is 20.3 Å². The molecule has 3 aromatic carbocycles. The van der Waals surface area contributed by atoms with Crippen LogP contribution in [0.15, 0.2) is 72.3 Å². The number of benzene rings is 3. The maximum atomic E-state index is 15.2. The van der Waals surface area contributed by atoms with Gasteiger partial charge in [0.1, 0.15) is 17.2 Å². The number of aromatic hydroxyl groups is 1. The smallest absolute Gasteiger partial charge is 0.328 e. The number of amides is 6. The van der Waals surface area contributed by atoms with Gasteiger partial charge in [0.15, 0.2) is 0 Å². The molecule has 6 amide bonds. The minimum Gasteiger partial charge on any atom is -0.508 e. The normalized spacial score (nSPS) is 27.3. The van der Waals surface area contributed by atoms with Crippen molar-refractivity contribution in [1.29, 1.82) is 0 Å². The van der Waals surface area contributed by atoms with Crippen LogP contribution in [0.4, 0.5) is 10.5 Å². The number of hydrogen-bond donors (Lipinski definition) is 3. The van der Waals surface area contributed by atoms with Crippen LogP contribution in [0.5, 0.6) is 17.2 Å². The lowest BCUT2D eigenvalue weighted by atomic mass is 9.49. The molecule has 7 rings (SSSR count). The summed E-state index contributed by atoms with van der Waals surface area (Å²) in [5.41, 5.74) is 8.27. The maximum absolute atomic E-state index is 15.2. The zero-order valence-electron chi connectivity index (χ0n) is 26.2. The van der Waals surface area contributed by atoms with Crippen molar-refractivity contribution in [3.63, 3.8) is 0 Å². The second-order valence-electron chi connectivity index (χ2n) is 12.5.